The minimum absolute atomic E-state index is 0.0348. The maximum Gasteiger partial charge on any atom is 0.419 e. The highest BCUT2D eigenvalue weighted by Crippen LogP contribution is 2.43. The van der Waals surface area contributed by atoms with Gasteiger partial charge in [-0.3, -0.25) is 4.72 Å². The van der Waals surface area contributed by atoms with E-state index < -0.39 is 33.1 Å². The second-order valence-electron chi connectivity index (χ2n) is 8.20. The number of hydrogen-bond donors (Lipinski definition) is 2. The second kappa shape index (κ2) is 10.5. The molecule has 4 rings (SSSR count). The molecule has 1 aromatic heterocycles. The van der Waals surface area contributed by atoms with Crippen LogP contribution in [0.4, 0.5) is 18.9 Å². The molecule has 1 atom stereocenters. The van der Waals surface area contributed by atoms with Crippen LogP contribution in [0.2, 0.25) is 10.0 Å². The molecule has 0 aliphatic carbocycles. The zero-order valence-electron chi connectivity index (χ0n) is 18.4. The third-order valence-corrected chi connectivity index (χ3v) is 10.9. The lowest BCUT2D eigenvalue weighted by Crippen LogP contribution is -2.35. The Kier molecular flexibility index (Phi) is 8.17. The summed E-state index contributed by atoms with van der Waals surface area (Å²) in [5.41, 5.74) is -1.87. The average molecular weight is 662 g/mol. The Morgan fingerprint density at radius 3 is 2.47 bits per heavy atom. The van der Waals surface area contributed by atoms with Crippen molar-refractivity contribution in [3.05, 3.63) is 62.5 Å². The van der Waals surface area contributed by atoms with Crippen molar-refractivity contribution in [2.45, 2.75) is 38.4 Å². The number of alkyl halides is 3. The molecule has 3 aromatic rings. The summed E-state index contributed by atoms with van der Waals surface area (Å²) in [7, 11) is -4.13. The van der Waals surface area contributed by atoms with Gasteiger partial charge in [-0.05, 0) is 65.8 Å². The normalized spacial score (nSPS) is 18.4. The fraction of sp³-hybridized carbons (Fsp3) is 0.273. The summed E-state index contributed by atoms with van der Waals surface area (Å²) in [6.45, 7) is 2.69. The van der Waals surface area contributed by atoms with E-state index in [4.69, 9.17) is 27.9 Å². The Morgan fingerprint density at radius 2 is 1.86 bits per heavy atom. The van der Waals surface area contributed by atoms with Crippen molar-refractivity contribution in [3.8, 4) is 5.75 Å². The topological polar surface area (TPSA) is 67.4 Å². The molecule has 5 nitrogen and oxygen atoms in total. The van der Waals surface area contributed by atoms with Crippen LogP contribution in [0.3, 0.4) is 0 Å². The average Bonchev–Trinajstić information content (AvgIpc) is 3.32. The number of halogens is 6. The largest absolute Gasteiger partial charge is 0.485 e. The smallest absolute Gasteiger partial charge is 0.419 e. The Labute approximate surface area is 232 Å². The van der Waals surface area contributed by atoms with Gasteiger partial charge >= 0.3 is 6.18 Å². The molecular weight excluding hydrogens is 644 g/mol. The van der Waals surface area contributed by atoms with Gasteiger partial charge in [0, 0.05) is 34.0 Å². The van der Waals surface area contributed by atoms with Crippen LogP contribution in [-0.2, 0) is 16.2 Å². The summed E-state index contributed by atoms with van der Waals surface area (Å²) in [4.78, 5) is 0.720. The lowest BCUT2D eigenvalue weighted by atomic mass is 10.1. The van der Waals surface area contributed by atoms with E-state index >= 15 is 0 Å². The molecule has 0 saturated carbocycles. The van der Waals surface area contributed by atoms with Crippen molar-refractivity contribution in [1.82, 2.24) is 5.32 Å². The van der Waals surface area contributed by atoms with Crippen molar-refractivity contribution >= 4 is 77.9 Å². The minimum Gasteiger partial charge on any atom is -0.485 e. The van der Waals surface area contributed by atoms with E-state index in [0.717, 1.165) is 34.4 Å². The summed E-state index contributed by atoms with van der Waals surface area (Å²) in [5.74, 6) is -0.437. The number of anilines is 1. The fourth-order valence-corrected chi connectivity index (χ4v) is 9.43. The van der Waals surface area contributed by atoms with Crippen molar-refractivity contribution < 1.29 is 26.3 Å². The van der Waals surface area contributed by atoms with Crippen LogP contribution in [0.1, 0.15) is 18.9 Å². The number of hydrogen-bond acceptors (Lipinski definition) is 6. The predicted molar refractivity (Wildman–Crippen MR) is 141 cm³/mol. The molecule has 1 aliphatic heterocycles. The summed E-state index contributed by atoms with van der Waals surface area (Å²) in [6, 6.07) is 9.55. The Balaban J connectivity index is 1.61. The number of ether oxygens (including phenoxy) is 1. The highest BCUT2D eigenvalue weighted by Gasteiger charge is 2.38. The van der Waals surface area contributed by atoms with Gasteiger partial charge in [0.05, 0.1) is 19.9 Å². The summed E-state index contributed by atoms with van der Waals surface area (Å²) >= 11 is 17.6. The molecule has 0 bridgehead atoms. The van der Waals surface area contributed by atoms with E-state index in [1.54, 1.807) is 31.2 Å². The van der Waals surface area contributed by atoms with E-state index in [2.05, 4.69) is 26.0 Å². The van der Waals surface area contributed by atoms with Crippen LogP contribution < -0.4 is 14.8 Å². The molecular formula is C22H18BrCl2F3N2O3S3. The third kappa shape index (κ3) is 6.64. The molecule has 0 spiro atoms. The molecule has 36 heavy (non-hydrogen) atoms. The van der Waals surface area contributed by atoms with Crippen molar-refractivity contribution in [1.29, 1.82) is 0 Å². The van der Waals surface area contributed by atoms with Gasteiger partial charge in [-0.2, -0.15) is 13.2 Å². The fourth-order valence-electron chi connectivity index (χ4n) is 3.52. The standard InChI is InChI=1S/C22H18BrCl2F3N2O3S3/c1-21(4-5-29-11-21)33-18-9-14(2-3-16(18)22(26,27)28)30-36(31,32)20-17(23)10-19(35-20)34-15-7-12(24)6-13(25)8-15/h2-3,6-10,29-30H,4-5,11H2,1H3/t21-/m1/s1. The summed E-state index contributed by atoms with van der Waals surface area (Å²) < 4.78 is 76.1. The van der Waals surface area contributed by atoms with E-state index in [-0.39, 0.29) is 9.90 Å². The first-order chi connectivity index (χ1) is 16.7. The van der Waals surface area contributed by atoms with E-state index in [1.165, 1.54) is 11.8 Å². The minimum atomic E-state index is -4.67. The summed E-state index contributed by atoms with van der Waals surface area (Å²) in [6.07, 6.45) is -4.15. The molecule has 1 aliphatic rings. The van der Waals surface area contributed by atoms with Crippen molar-refractivity contribution in [2.75, 3.05) is 17.8 Å². The first-order valence-corrected chi connectivity index (χ1v) is 15.0. The van der Waals surface area contributed by atoms with Crippen LogP contribution in [0.25, 0.3) is 0 Å². The van der Waals surface area contributed by atoms with Crippen LogP contribution >= 0.6 is 62.2 Å². The quantitative estimate of drug-likeness (QED) is 0.269. The number of nitrogens with one attached hydrogen (secondary N) is 2. The molecule has 14 heteroatoms. The summed E-state index contributed by atoms with van der Waals surface area (Å²) in [5, 5.41) is 3.94. The van der Waals surface area contributed by atoms with Gasteiger partial charge in [-0.15, -0.1) is 11.3 Å². The maximum absolute atomic E-state index is 13.6. The zero-order chi connectivity index (χ0) is 26.3. The van der Waals surface area contributed by atoms with E-state index in [0.29, 0.717) is 38.2 Å². The van der Waals surface area contributed by atoms with Gasteiger partial charge in [0.1, 0.15) is 11.4 Å². The van der Waals surface area contributed by atoms with Crippen LogP contribution in [0.15, 0.2) is 60.3 Å². The number of rotatable bonds is 7. The van der Waals surface area contributed by atoms with E-state index in [9.17, 15) is 21.6 Å². The zero-order valence-corrected chi connectivity index (χ0v) is 23.9. The van der Waals surface area contributed by atoms with E-state index in [1.807, 2.05) is 0 Å². The van der Waals surface area contributed by atoms with Gasteiger partial charge < -0.3 is 10.1 Å². The van der Waals surface area contributed by atoms with Crippen molar-refractivity contribution in [2.24, 2.45) is 0 Å². The third-order valence-electron chi connectivity index (χ3n) is 5.16. The first-order valence-electron chi connectivity index (χ1n) is 10.3. The number of sulfonamides is 1. The Bertz CT molecular complexity index is 1370. The highest BCUT2D eigenvalue weighted by molar-refractivity contribution is 9.10. The lowest BCUT2D eigenvalue weighted by molar-refractivity contribution is -0.139. The SMILES string of the molecule is C[C@@]1(Oc2cc(NS(=O)(=O)c3sc(Sc4cc(Cl)cc(Cl)c4)cc3Br)ccc2C(F)(F)F)CCNC1. The van der Waals surface area contributed by atoms with Gasteiger partial charge in [0.25, 0.3) is 10.0 Å². The molecule has 1 saturated heterocycles. The van der Waals surface area contributed by atoms with Crippen LogP contribution in [0.5, 0.6) is 5.75 Å². The molecule has 0 radical (unpaired) electrons. The predicted octanol–water partition coefficient (Wildman–Crippen LogP) is 7.92. The molecule has 0 amide bonds. The Hall–Kier alpha value is -1.15. The molecule has 0 unspecified atom stereocenters. The van der Waals surface area contributed by atoms with Gasteiger partial charge in [0.2, 0.25) is 0 Å². The van der Waals surface area contributed by atoms with Gasteiger partial charge in [-0.25, -0.2) is 8.42 Å². The first kappa shape index (κ1) is 27.9. The molecule has 1 fully saturated rings. The lowest BCUT2D eigenvalue weighted by Gasteiger charge is -2.27. The van der Waals surface area contributed by atoms with Gasteiger partial charge in [0.15, 0.2) is 4.21 Å². The molecule has 2 N–H and O–H groups in total. The molecule has 2 aromatic carbocycles. The van der Waals surface area contributed by atoms with Crippen LogP contribution in [0, 0.1) is 0 Å². The van der Waals surface area contributed by atoms with Crippen LogP contribution in [-0.4, -0.2) is 27.1 Å². The monoisotopic (exact) mass is 660 g/mol. The number of benzene rings is 2. The highest BCUT2D eigenvalue weighted by atomic mass is 79.9. The van der Waals surface area contributed by atoms with Gasteiger partial charge in [-0.1, -0.05) is 35.0 Å². The Morgan fingerprint density at radius 1 is 1.17 bits per heavy atom. The molecule has 2 heterocycles. The second-order valence-corrected chi connectivity index (χ2v) is 14.2. The molecule has 194 valence electrons. The van der Waals surface area contributed by atoms with Crippen molar-refractivity contribution in [3.63, 3.8) is 0 Å². The maximum atomic E-state index is 13.6. The number of thiophene rings is 1.